The van der Waals surface area contributed by atoms with Gasteiger partial charge in [0.2, 0.25) is 5.91 Å². The van der Waals surface area contributed by atoms with Gasteiger partial charge in [0.25, 0.3) is 0 Å². The van der Waals surface area contributed by atoms with Gasteiger partial charge in [-0.05, 0) is 45.0 Å². The van der Waals surface area contributed by atoms with E-state index in [2.05, 4.69) is 22.4 Å². The maximum absolute atomic E-state index is 13.8. The molecule has 134 valence electrons. The number of nitrogens with zero attached hydrogens (tertiary/aromatic N) is 2. The molecule has 0 aliphatic carbocycles. The zero-order valence-corrected chi connectivity index (χ0v) is 14.5. The molecule has 0 saturated carbocycles. The van der Waals surface area contributed by atoms with Crippen molar-refractivity contribution >= 4 is 5.91 Å². The number of aromatic nitrogens is 1. The van der Waals surface area contributed by atoms with Crippen molar-refractivity contribution in [2.24, 2.45) is 0 Å². The van der Waals surface area contributed by atoms with E-state index in [1.54, 1.807) is 24.3 Å². The van der Waals surface area contributed by atoms with Crippen LogP contribution in [0.1, 0.15) is 37.9 Å². The lowest BCUT2D eigenvalue weighted by Crippen LogP contribution is -2.37. The lowest BCUT2D eigenvalue weighted by molar-refractivity contribution is -0.121. The average molecular weight is 345 g/mol. The average Bonchev–Trinajstić information content (AvgIpc) is 3.08. The highest BCUT2D eigenvalue weighted by atomic mass is 19.1. The normalized spacial score (nSPS) is 18.2. The SMILES string of the molecule is CN1CCCC[C@@H]1CCC(=O)NCc1cc(-c2ccccc2F)no1. The Balaban J connectivity index is 1.47. The zero-order valence-electron chi connectivity index (χ0n) is 14.5. The Bertz CT molecular complexity index is 716. The topological polar surface area (TPSA) is 58.4 Å². The standard InChI is InChI=1S/C19H24FN3O2/c1-23-11-5-4-6-14(23)9-10-19(24)21-13-15-12-18(22-25-15)16-7-2-3-8-17(16)20/h2-3,7-8,12,14H,4-6,9-11,13H2,1H3,(H,21,24)/t14-/m1/s1. The lowest BCUT2D eigenvalue weighted by atomic mass is 9.98. The number of benzene rings is 1. The van der Waals surface area contributed by atoms with Gasteiger partial charge in [0.05, 0.1) is 6.54 Å². The second-order valence-electron chi connectivity index (χ2n) is 6.60. The molecule has 0 radical (unpaired) electrons. The van der Waals surface area contributed by atoms with Crippen LogP contribution in [0, 0.1) is 5.82 Å². The van der Waals surface area contributed by atoms with Gasteiger partial charge < -0.3 is 14.7 Å². The number of carbonyl (C=O) groups is 1. The molecule has 6 heteroatoms. The van der Waals surface area contributed by atoms with Crippen molar-refractivity contribution in [3.05, 3.63) is 41.9 Å². The Morgan fingerprint density at radius 3 is 3.04 bits per heavy atom. The third-order valence-corrected chi connectivity index (χ3v) is 4.79. The maximum Gasteiger partial charge on any atom is 0.220 e. The quantitative estimate of drug-likeness (QED) is 0.872. The molecule has 0 spiro atoms. The monoisotopic (exact) mass is 345 g/mol. The van der Waals surface area contributed by atoms with Crippen LogP contribution >= 0.6 is 0 Å². The number of piperidine rings is 1. The van der Waals surface area contributed by atoms with Gasteiger partial charge in [-0.15, -0.1) is 0 Å². The third-order valence-electron chi connectivity index (χ3n) is 4.79. The van der Waals surface area contributed by atoms with Crippen molar-refractivity contribution < 1.29 is 13.7 Å². The highest BCUT2D eigenvalue weighted by Gasteiger charge is 2.19. The molecule has 1 aliphatic rings. The Morgan fingerprint density at radius 2 is 2.24 bits per heavy atom. The molecule has 1 amide bonds. The number of carbonyl (C=O) groups excluding carboxylic acids is 1. The minimum atomic E-state index is -0.344. The third kappa shape index (κ3) is 4.66. The fourth-order valence-corrected chi connectivity index (χ4v) is 3.27. The molecule has 3 rings (SSSR count). The first kappa shape index (κ1) is 17.6. The van der Waals surface area contributed by atoms with E-state index in [9.17, 15) is 9.18 Å². The van der Waals surface area contributed by atoms with Crippen LogP contribution in [0.2, 0.25) is 0 Å². The van der Waals surface area contributed by atoms with Crippen LogP contribution in [0.25, 0.3) is 11.3 Å². The number of nitrogens with one attached hydrogen (secondary N) is 1. The predicted octanol–water partition coefficient (Wildman–Crippen LogP) is 3.36. The molecular weight excluding hydrogens is 321 g/mol. The van der Waals surface area contributed by atoms with Gasteiger partial charge in [-0.25, -0.2) is 4.39 Å². The molecule has 2 aromatic rings. The second kappa shape index (κ2) is 8.25. The molecule has 1 atom stereocenters. The predicted molar refractivity (Wildman–Crippen MR) is 93.2 cm³/mol. The summed E-state index contributed by atoms with van der Waals surface area (Å²) in [6.45, 7) is 1.38. The van der Waals surface area contributed by atoms with Gasteiger partial charge in [-0.1, -0.05) is 23.7 Å². The summed E-state index contributed by atoms with van der Waals surface area (Å²) in [4.78, 5) is 14.4. The summed E-state index contributed by atoms with van der Waals surface area (Å²) >= 11 is 0. The molecule has 1 aromatic heterocycles. The molecule has 0 unspecified atom stereocenters. The molecule has 5 nitrogen and oxygen atoms in total. The number of amides is 1. The molecule has 1 aliphatic heterocycles. The van der Waals surface area contributed by atoms with E-state index in [0.717, 1.165) is 19.4 Å². The van der Waals surface area contributed by atoms with Crippen molar-refractivity contribution in [3.8, 4) is 11.3 Å². The van der Waals surface area contributed by atoms with E-state index in [4.69, 9.17) is 4.52 Å². The van der Waals surface area contributed by atoms with Crippen molar-refractivity contribution in [3.63, 3.8) is 0 Å². The van der Waals surface area contributed by atoms with E-state index in [-0.39, 0.29) is 18.3 Å². The smallest absolute Gasteiger partial charge is 0.220 e. The summed E-state index contributed by atoms with van der Waals surface area (Å²) in [5.41, 5.74) is 0.829. The van der Waals surface area contributed by atoms with Crippen LogP contribution in [0.4, 0.5) is 4.39 Å². The van der Waals surface area contributed by atoms with E-state index >= 15 is 0 Å². The molecule has 1 N–H and O–H groups in total. The summed E-state index contributed by atoms with van der Waals surface area (Å²) in [7, 11) is 2.13. The van der Waals surface area contributed by atoms with Gasteiger partial charge in [0, 0.05) is 24.1 Å². The minimum Gasteiger partial charge on any atom is -0.359 e. The van der Waals surface area contributed by atoms with Crippen LogP contribution in [0.3, 0.4) is 0 Å². The van der Waals surface area contributed by atoms with Gasteiger partial charge in [-0.3, -0.25) is 4.79 Å². The number of hydrogen-bond acceptors (Lipinski definition) is 4. The largest absolute Gasteiger partial charge is 0.359 e. The van der Waals surface area contributed by atoms with E-state index < -0.39 is 0 Å². The van der Waals surface area contributed by atoms with Crippen molar-refractivity contribution in [2.75, 3.05) is 13.6 Å². The summed E-state index contributed by atoms with van der Waals surface area (Å²) in [5.74, 6) is 0.173. The van der Waals surface area contributed by atoms with E-state index in [0.29, 0.717) is 29.5 Å². The van der Waals surface area contributed by atoms with E-state index in [1.807, 2.05) is 0 Å². The first-order valence-electron chi connectivity index (χ1n) is 8.81. The molecule has 0 bridgehead atoms. The number of hydrogen-bond donors (Lipinski definition) is 1. The molecule has 1 saturated heterocycles. The molecule has 1 aromatic carbocycles. The van der Waals surface area contributed by atoms with Crippen LogP contribution < -0.4 is 5.32 Å². The number of rotatable bonds is 6. The molecular formula is C19H24FN3O2. The van der Waals surface area contributed by atoms with Crippen LogP contribution in [0.15, 0.2) is 34.9 Å². The van der Waals surface area contributed by atoms with Gasteiger partial charge >= 0.3 is 0 Å². The Hall–Kier alpha value is -2.21. The van der Waals surface area contributed by atoms with Crippen LogP contribution in [-0.2, 0) is 11.3 Å². The Kier molecular flexibility index (Phi) is 5.81. The van der Waals surface area contributed by atoms with Crippen molar-refractivity contribution in [1.82, 2.24) is 15.4 Å². The van der Waals surface area contributed by atoms with E-state index in [1.165, 1.54) is 18.9 Å². The Morgan fingerprint density at radius 1 is 1.40 bits per heavy atom. The lowest BCUT2D eigenvalue weighted by Gasteiger charge is -2.32. The Labute approximate surface area is 147 Å². The summed E-state index contributed by atoms with van der Waals surface area (Å²) in [5, 5.41) is 6.73. The fourth-order valence-electron chi connectivity index (χ4n) is 3.27. The highest BCUT2D eigenvalue weighted by molar-refractivity contribution is 5.75. The van der Waals surface area contributed by atoms with Crippen molar-refractivity contribution in [1.29, 1.82) is 0 Å². The minimum absolute atomic E-state index is 0.00261. The fraction of sp³-hybridized carbons (Fsp3) is 0.474. The van der Waals surface area contributed by atoms with Gasteiger partial charge in [-0.2, -0.15) is 0 Å². The van der Waals surface area contributed by atoms with Crippen LogP contribution in [-0.4, -0.2) is 35.6 Å². The first-order chi connectivity index (χ1) is 12.1. The van der Waals surface area contributed by atoms with Crippen molar-refractivity contribution in [2.45, 2.75) is 44.7 Å². The summed E-state index contributed by atoms with van der Waals surface area (Å²) < 4.78 is 18.9. The number of halogens is 1. The first-order valence-corrected chi connectivity index (χ1v) is 8.81. The highest BCUT2D eigenvalue weighted by Crippen LogP contribution is 2.22. The summed E-state index contributed by atoms with van der Waals surface area (Å²) in [6.07, 6.45) is 5.03. The van der Waals surface area contributed by atoms with Gasteiger partial charge in [0.1, 0.15) is 11.5 Å². The maximum atomic E-state index is 13.8. The summed E-state index contributed by atoms with van der Waals surface area (Å²) in [6, 6.07) is 8.57. The van der Waals surface area contributed by atoms with Gasteiger partial charge in [0.15, 0.2) is 5.76 Å². The zero-order chi connectivity index (χ0) is 17.6. The molecule has 1 fully saturated rings. The van der Waals surface area contributed by atoms with Crippen LogP contribution in [0.5, 0.6) is 0 Å². The number of likely N-dealkylation sites (tertiary alicyclic amines) is 1. The second-order valence-corrected chi connectivity index (χ2v) is 6.60. The molecule has 25 heavy (non-hydrogen) atoms. The molecule has 2 heterocycles.